The Hall–Kier alpha value is -0.830. The summed E-state index contributed by atoms with van der Waals surface area (Å²) < 4.78 is 7.67. The van der Waals surface area contributed by atoms with Gasteiger partial charge in [-0.2, -0.15) is 0 Å². The van der Waals surface area contributed by atoms with E-state index in [9.17, 15) is 0 Å². The van der Waals surface area contributed by atoms with Crippen LogP contribution in [0.5, 0.6) is 0 Å². The van der Waals surface area contributed by atoms with Crippen molar-refractivity contribution in [3.63, 3.8) is 0 Å². The van der Waals surface area contributed by atoms with Crippen LogP contribution in [-0.2, 0) is 17.9 Å². The van der Waals surface area contributed by atoms with Crippen LogP contribution in [-0.4, -0.2) is 16.2 Å². The lowest BCUT2D eigenvalue weighted by Crippen LogP contribution is -2.24. The summed E-state index contributed by atoms with van der Waals surface area (Å²) in [5.74, 6) is 2.76. The fourth-order valence-corrected chi connectivity index (χ4v) is 2.31. The molecule has 1 aliphatic rings. The van der Waals surface area contributed by atoms with Crippen LogP contribution >= 0.6 is 0 Å². The fraction of sp³-hybridized carbons (Fsp3) is 0.769. The summed E-state index contributed by atoms with van der Waals surface area (Å²) in [6.45, 7) is 6.86. The van der Waals surface area contributed by atoms with Crippen LogP contribution in [0, 0.1) is 11.8 Å². The van der Waals surface area contributed by atoms with Crippen molar-refractivity contribution in [3.8, 4) is 0 Å². The Balaban J connectivity index is 1.89. The maximum absolute atomic E-state index is 5.42. The van der Waals surface area contributed by atoms with Gasteiger partial charge in [0.05, 0.1) is 0 Å². The minimum atomic E-state index is 0.640. The summed E-state index contributed by atoms with van der Waals surface area (Å²) in [4.78, 5) is 4.35. The molecule has 1 atom stereocenters. The van der Waals surface area contributed by atoms with Crippen LogP contribution in [0.3, 0.4) is 0 Å². The SMILES string of the molecule is CCOCc1nccn1CC(C)C1CCC1. The molecule has 3 heteroatoms. The largest absolute Gasteiger partial charge is 0.374 e. The van der Waals surface area contributed by atoms with Crippen molar-refractivity contribution in [1.82, 2.24) is 9.55 Å². The predicted octanol–water partition coefficient (Wildman–Crippen LogP) is 2.86. The topological polar surface area (TPSA) is 27.1 Å². The van der Waals surface area contributed by atoms with E-state index in [-0.39, 0.29) is 0 Å². The van der Waals surface area contributed by atoms with E-state index in [4.69, 9.17) is 4.74 Å². The van der Waals surface area contributed by atoms with Gasteiger partial charge in [-0.05, 0) is 18.8 Å². The lowest BCUT2D eigenvalue weighted by atomic mass is 9.77. The van der Waals surface area contributed by atoms with Gasteiger partial charge in [0.2, 0.25) is 0 Å². The maximum atomic E-state index is 5.42. The summed E-state index contributed by atoms with van der Waals surface area (Å²) in [6.07, 6.45) is 8.20. The third kappa shape index (κ3) is 2.64. The van der Waals surface area contributed by atoms with E-state index in [0.29, 0.717) is 6.61 Å². The van der Waals surface area contributed by atoms with Gasteiger partial charge in [0.25, 0.3) is 0 Å². The highest BCUT2D eigenvalue weighted by atomic mass is 16.5. The Labute approximate surface area is 97.8 Å². The average molecular weight is 222 g/mol. The molecule has 0 amide bonds. The van der Waals surface area contributed by atoms with Crippen LogP contribution in [0.25, 0.3) is 0 Å². The molecule has 0 aromatic carbocycles. The second kappa shape index (κ2) is 5.48. The first-order valence-electron chi connectivity index (χ1n) is 6.39. The van der Waals surface area contributed by atoms with Gasteiger partial charge in [0.1, 0.15) is 12.4 Å². The van der Waals surface area contributed by atoms with Gasteiger partial charge >= 0.3 is 0 Å². The molecule has 1 fully saturated rings. The Bertz CT molecular complexity index is 317. The molecule has 1 heterocycles. The second-order valence-electron chi connectivity index (χ2n) is 4.80. The maximum Gasteiger partial charge on any atom is 0.134 e. The highest BCUT2D eigenvalue weighted by molar-refractivity contribution is 4.91. The summed E-state index contributed by atoms with van der Waals surface area (Å²) in [6, 6.07) is 0. The molecular weight excluding hydrogens is 200 g/mol. The molecule has 0 bridgehead atoms. The van der Waals surface area contributed by atoms with Gasteiger partial charge in [0.15, 0.2) is 0 Å². The highest BCUT2D eigenvalue weighted by Crippen LogP contribution is 2.34. The Morgan fingerprint density at radius 1 is 1.56 bits per heavy atom. The smallest absolute Gasteiger partial charge is 0.134 e. The van der Waals surface area contributed by atoms with Crippen molar-refractivity contribution >= 4 is 0 Å². The molecule has 0 spiro atoms. The molecule has 90 valence electrons. The lowest BCUT2D eigenvalue weighted by molar-refractivity contribution is 0.122. The fourth-order valence-electron chi connectivity index (χ4n) is 2.31. The number of hydrogen-bond acceptors (Lipinski definition) is 2. The highest BCUT2D eigenvalue weighted by Gasteiger charge is 2.24. The molecule has 1 aromatic heterocycles. The molecule has 3 nitrogen and oxygen atoms in total. The summed E-state index contributed by atoms with van der Waals surface area (Å²) in [7, 11) is 0. The zero-order valence-electron chi connectivity index (χ0n) is 10.4. The zero-order chi connectivity index (χ0) is 11.4. The van der Waals surface area contributed by atoms with E-state index in [1.54, 1.807) is 0 Å². The molecule has 0 radical (unpaired) electrons. The first-order chi connectivity index (χ1) is 7.81. The Morgan fingerprint density at radius 3 is 3.00 bits per heavy atom. The molecule has 2 rings (SSSR count). The zero-order valence-corrected chi connectivity index (χ0v) is 10.4. The molecule has 16 heavy (non-hydrogen) atoms. The summed E-state index contributed by atoms with van der Waals surface area (Å²) in [5.41, 5.74) is 0. The van der Waals surface area contributed by atoms with Gasteiger partial charge in [-0.15, -0.1) is 0 Å². The van der Waals surface area contributed by atoms with Gasteiger partial charge < -0.3 is 9.30 Å². The quantitative estimate of drug-likeness (QED) is 0.740. The van der Waals surface area contributed by atoms with Crippen LogP contribution in [0.1, 0.15) is 38.9 Å². The lowest BCUT2D eigenvalue weighted by Gasteiger charge is -2.31. The van der Waals surface area contributed by atoms with Gasteiger partial charge in [-0.25, -0.2) is 4.98 Å². The van der Waals surface area contributed by atoms with Crippen molar-refractivity contribution in [2.75, 3.05) is 6.61 Å². The van der Waals surface area contributed by atoms with E-state index in [1.165, 1.54) is 19.3 Å². The molecule has 0 aliphatic heterocycles. The average Bonchev–Trinajstić information content (AvgIpc) is 2.59. The van der Waals surface area contributed by atoms with Crippen LogP contribution in [0.4, 0.5) is 0 Å². The van der Waals surface area contributed by atoms with Gasteiger partial charge in [-0.3, -0.25) is 0 Å². The molecule has 1 unspecified atom stereocenters. The van der Waals surface area contributed by atoms with E-state index in [1.807, 2.05) is 13.1 Å². The number of imidazole rings is 1. The Morgan fingerprint density at radius 2 is 2.38 bits per heavy atom. The van der Waals surface area contributed by atoms with Crippen molar-refractivity contribution in [3.05, 3.63) is 18.2 Å². The van der Waals surface area contributed by atoms with E-state index in [0.717, 1.165) is 30.8 Å². The summed E-state index contributed by atoms with van der Waals surface area (Å²) in [5, 5.41) is 0. The third-order valence-electron chi connectivity index (χ3n) is 3.68. The molecule has 1 aliphatic carbocycles. The first-order valence-corrected chi connectivity index (χ1v) is 6.39. The molecule has 0 N–H and O–H groups in total. The van der Waals surface area contributed by atoms with E-state index in [2.05, 4.69) is 22.7 Å². The van der Waals surface area contributed by atoms with E-state index >= 15 is 0 Å². The number of rotatable bonds is 6. The molecule has 1 saturated carbocycles. The van der Waals surface area contributed by atoms with Crippen molar-refractivity contribution < 1.29 is 4.74 Å². The Kier molecular flexibility index (Phi) is 3.99. The number of ether oxygens (including phenoxy) is 1. The first kappa shape index (κ1) is 11.6. The van der Waals surface area contributed by atoms with Crippen molar-refractivity contribution in [2.24, 2.45) is 11.8 Å². The monoisotopic (exact) mass is 222 g/mol. The normalized spacial score (nSPS) is 18.4. The predicted molar refractivity (Wildman–Crippen MR) is 64.1 cm³/mol. The van der Waals surface area contributed by atoms with Gasteiger partial charge in [-0.1, -0.05) is 26.2 Å². The molecular formula is C13H22N2O. The minimum Gasteiger partial charge on any atom is -0.374 e. The van der Waals surface area contributed by atoms with Crippen molar-refractivity contribution in [2.45, 2.75) is 46.3 Å². The number of hydrogen-bond donors (Lipinski definition) is 0. The van der Waals surface area contributed by atoms with E-state index < -0.39 is 0 Å². The van der Waals surface area contributed by atoms with Crippen LogP contribution in [0.2, 0.25) is 0 Å². The number of aromatic nitrogens is 2. The van der Waals surface area contributed by atoms with Crippen molar-refractivity contribution in [1.29, 1.82) is 0 Å². The molecule has 0 saturated heterocycles. The second-order valence-corrected chi connectivity index (χ2v) is 4.80. The number of nitrogens with zero attached hydrogens (tertiary/aromatic N) is 2. The summed E-state index contributed by atoms with van der Waals surface area (Å²) >= 11 is 0. The standard InChI is InChI=1S/C13H22N2O/c1-3-16-10-13-14-7-8-15(13)9-11(2)12-5-4-6-12/h7-8,11-12H,3-6,9-10H2,1-2H3. The molecule has 1 aromatic rings. The van der Waals surface area contributed by atoms with Crippen LogP contribution < -0.4 is 0 Å². The van der Waals surface area contributed by atoms with Crippen LogP contribution in [0.15, 0.2) is 12.4 Å². The minimum absolute atomic E-state index is 0.640. The third-order valence-corrected chi connectivity index (χ3v) is 3.68. The van der Waals surface area contributed by atoms with Gasteiger partial charge in [0, 0.05) is 25.5 Å².